The number of nitrogens with zero attached hydrogens (tertiary/aromatic N) is 7. The Labute approximate surface area is 355 Å². The van der Waals surface area contributed by atoms with Crippen LogP contribution < -0.4 is 16.0 Å². The minimum Gasteiger partial charge on any atom is -0.380 e. The van der Waals surface area contributed by atoms with Crippen LogP contribution in [-0.2, 0) is 32.6 Å². The van der Waals surface area contributed by atoms with Crippen molar-refractivity contribution >= 4 is 41.4 Å². The predicted molar refractivity (Wildman–Crippen MR) is 225 cm³/mol. The highest BCUT2D eigenvalue weighted by Crippen LogP contribution is 2.36. The van der Waals surface area contributed by atoms with Gasteiger partial charge in [0.15, 0.2) is 0 Å². The van der Waals surface area contributed by atoms with Crippen LogP contribution >= 0.6 is 0 Å². The summed E-state index contributed by atoms with van der Waals surface area (Å²) in [5.41, 5.74) is 10.2. The fourth-order valence-electron chi connectivity index (χ4n) is 9.55. The maximum atomic E-state index is 13.4. The van der Waals surface area contributed by atoms with Crippen molar-refractivity contribution in [2.45, 2.75) is 82.2 Å². The lowest BCUT2D eigenvalue weighted by Gasteiger charge is -2.40. The van der Waals surface area contributed by atoms with Gasteiger partial charge in [0.2, 0.25) is 11.8 Å². The van der Waals surface area contributed by atoms with Crippen LogP contribution in [0.1, 0.15) is 105 Å². The predicted octanol–water partition coefficient (Wildman–Crippen LogP) is 2.91. The van der Waals surface area contributed by atoms with Crippen LogP contribution in [0.4, 0.5) is 10.6 Å². The van der Waals surface area contributed by atoms with Gasteiger partial charge in [-0.15, -0.1) is 0 Å². The fourth-order valence-corrected chi connectivity index (χ4v) is 9.55. The molecular weight excluding hydrogens is 779 g/mol. The number of ether oxygens (including phenoxy) is 1. The van der Waals surface area contributed by atoms with Crippen molar-refractivity contribution in [1.82, 2.24) is 34.9 Å². The molecule has 0 spiro atoms. The summed E-state index contributed by atoms with van der Waals surface area (Å²) in [4.78, 5) is 94.5. The minimum atomic E-state index is -0.984. The Morgan fingerprint density at radius 2 is 1.74 bits per heavy atom. The molecule has 5 aliphatic rings. The number of primary amides is 1. The van der Waals surface area contributed by atoms with E-state index < -0.39 is 35.6 Å². The molecule has 0 radical (unpaired) electrons. The van der Waals surface area contributed by atoms with Gasteiger partial charge in [0.1, 0.15) is 17.6 Å². The van der Waals surface area contributed by atoms with Gasteiger partial charge in [0.25, 0.3) is 17.7 Å². The smallest absolute Gasteiger partial charge is 0.320 e. The normalized spacial score (nSPS) is 22.0. The van der Waals surface area contributed by atoms with Crippen molar-refractivity contribution in [3.8, 4) is 0 Å². The number of likely N-dealkylation sites (N-methyl/N-ethyl adjacent to an activating group) is 1. The van der Waals surface area contributed by atoms with Gasteiger partial charge in [0.05, 0.1) is 35.7 Å². The molecule has 8 rings (SSSR count). The number of urea groups is 1. The van der Waals surface area contributed by atoms with E-state index in [1.165, 1.54) is 5.56 Å². The summed E-state index contributed by atoms with van der Waals surface area (Å²) in [7, 11) is 1.84. The molecule has 0 saturated carbocycles. The van der Waals surface area contributed by atoms with Gasteiger partial charge >= 0.3 is 6.03 Å². The van der Waals surface area contributed by atoms with E-state index in [1.54, 1.807) is 23.2 Å². The number of nitrogens with two attached hydrogens (primary N) is 1. The zero-order valence-corrected chi connectivity index (χ0v) is 35.1. The van der Waals surface area contributed by atoms with Crippen molar-refractivity contribution < 1.29 is 33.5 Å². The summed E-state index contributed by atoms with van der Waals surface area (Å²) in [6.07, 6.45) is 7.37. The summed E-state index contributed by atoms with van der Waals surface area (Å²) in [6.45, 7) is 9.06. The second-order valence-corrected chi connectivity index (χ2v) is 17.3. The highest BCUT2D eigenvalue weighted by atomic mass is 16.5. The SMILES string of the molecule is CN1CCN([C@@H]2CCCN(c3cnc(C(N)=O)c(Cc4ccc(C5(C)CCN(CCOCCCc6cccc7c6C(=O)N(C6CCC(=O)NC6=O)C7=O)CC5)cc4)n3)C2)C1=O. The zero-order valence-electron chi connectivity index (χ0n) is 35.1. The largest absolute Gasteiger partial charge is 0.380 e. The van der Waals surface area contributed by atoms with Crippen molar-refractivity contribution in [1.29, 1.82) is 0 Å². The number of piperidine rings is 3. The lowest BCUT2D eigenvalue weighted by molar-refractivity contribution is -0.136. The first-order valence-electron chi connectivity index (χ1n) is 21.6. The Hall–Kier alpha value is -5.74. The van der Waals surface area contributed by atoms with Crippen LogP contribution in [0, 0.1) is 0 Å². The maximum Gasteiger partial charge on any atom is 0.320 e. The molecule has 16 nitrogen and oxygen atoms in total. The third-order valence-corrected chi connectivity index (χ3v) is 13.3. The molecule has 2 aromatic carbocycles. The van der Waals surface area contributed by atoms with Crippen molar-refractivity contribution in [3.63, 3.8) is 0 Å². The van der Waals surface area contributed by atoms with Crippen molar-refractivity contribution in [3.05, 3.63) is 87.9 Å². The number of carbonyl (C=O) groups excluding carboxylic acids is 6. The van der Waals surface area contributed by atoms with Crippen LogP contribution in [0.2, 0.25) is 0 Å². The Morgan fingerprint density at radius 3 is 2.46 bits per heavy atom. The lowest BCUT2D eigenvalue weighted by Crippen LogP contribution is -2.54. The number of anilines is 1. The van der Waals surface area contributed by atoms with Gasteiger partial charge in [-0.05, 0) is 86.2 Å². The number of imide groups is 2. The molecule has 3 N–H and O–H groups in total. The summed E-state index contributed by atoms with van der Waals surface area (Å²) in [6, 6.07) is 13.0. The summed E-state index contributed by atoms with van der Waals surface area (Å²) >= 11 is 0. The van der Waals surface area contributed by atoms with Crippen LogP contribution in [0.15, 0.2) is 48.7 Å². The Bertz CT molecular complexity index is 2210. The van der Waals surface area contributed by atoms with E-state index in [0.29, 0.717) is 61.7 Å². The van der Waals surface area contributed by atoms with E-state index in [4.69, 9.17) is 15.5 Å². The number of likely N-dealkylation sites (tertiary alicyclic amines) is 1. The standard InChI is InChI=1S/C45H55N9O7/c1-45(31-12-10-29(11-13-31)26-34-39(40(46)56)47-27-36(48-34)52-18-4-8-32(28-52)53-22-21-50(2)44(53)60)16-19-51(20-17-45)23-25-61-24-5-7-30-6-3-9-33-38(30)43(59)54(42(33)58)35-14-15-37(55)49-41(35)57/h3,6,9-13,27,32,35H,4-5,7-8,14-26,28H2,1-2H3,(H2,46,56)(H,49,55,57)/t32-,35?/m1/s1. The highest BCUT2D eigenvalue weighted by molar-refractivity contribution is 6.24. The van der Waals surface area contributed by atoms with Gasteiger partial charge in [-0.2, -0.15) is 0 Å². The molecule has 3 aromatic rings. The van der Waals surface area contributed by atoms with Crippen LogP contribution in [0.3, 0.4) is 0 Å². The van der Waals surface area contributed by atoms with Crippen LogP contribution in [0.25, 0.3) is 0 Å². The highest BCUT2D eigenvalue weighted by Gasteiger charge is 2.45. The number of carbonyl (C=O) groups is 6. The number of amides is 7. The molecule has 2 atom stereocenters. The first-order valence-corrected chi connectivity index (χ1v) is 21.6. The van der Waals surface area contributed by atoms with E-state index in [9.17, 15) is 28.8 Å². The number of benzene rings is 2. The minimum absolute atomic E-state index is 0.0207. The number of nitrogens with one attached hydrogen (secondary N) is 1. The summed E-state index contributed by atoms with van der Waals surface area (Å²) in [5.74, 6) is -1.91. The lowest BCUT2D eigenvalue weighted by atomic mass is 9.74. The molecule has 4 saturated heterocycles. The Balaban J connectivity index is 0.793. The Morgan fingerprint density at radius 1 is 0.951 bits per heavy atom. The molecule has 0 aliphatic carbocycles. The fraction of sp³-hybridized carbons (Fsp3) is 0.511. The third kappa shape index (κ3) is 8.73. The van der Waals surface area contributed by atoms with Gasteiger partial charge in [0, 0.05) is 59.2 Å². The average molecular weight is 834 g/mol. The van der Waals surface area contributed by atoms with E-state index >= 15 is 0 Å². The molecule has 16 heteroatoms. The number of hydrogen-bond donors (Lipinski definition) is 2. The second kappa shape index (κ2) is 17.7. The number of rotatable bonds is 14. The molecule has 1 aromatic heterocycles. The molecule has 0 bridgehead atoms. The van der Waals surface area contributed by atoms with Crippen LogP contribution in [0.5, 0.6) is 0 Å². The molecule has 6 heterocycles. The maximum absolute atomic E-state index is 13.4. The first-order chi connectivity index (χ1) is 29.4. The molecule has 61 heavy (non-hydrogen) atoms. The Kier molecular flexibility index (Phi) is 12.2. The second-order valence-electron chi connectivity index (χ2n) is 17.3. The first kappa shape index (κ1) is 42.0. The van der Waals surface area contributed by atoms with Gasteiger partial charge in [-0.3, -0.25) is 34.2 Å². The molecule has 4 fully saturated rings. The third-order valence-electron chi connectivity index (χ3n) is 13.3. The number of fused-ring (bicyclic) bond motifs is 1. The van der Waals surface area contributed by atoms with Gasteiger partial charge in [-0.25, -0.2) is 14.8 Å². The molecule has 322 valence electrons. The number of hydrogen-bond acceptors (Lipinski definition) is 11. The number of aromatic nitrogens is 2. The molecule has 5 aliphatic heterocycles. The average Bonchev–Trinajstić information content (AvgIpc) is 3.73. The van der Waals surface area contributed by atoms with Gasteiger partial charge in [-0.1, -0.05) is 43.3 Å². The molecule has 1 unspecified atom stereocenters. The van der Waals surface area contributed by atoms with Crippen molar-refractivity contribution in [2.75, 3.05) is 71.0 Å². The van der Waals surface area contributed by atoms with E-state index in [-0.39, 0.29) is 36.0 Å². The van der Waals surface area contributed by atoms with Crippen LogP contribution in [-0.4, -0.2) is 143 Å². The monoisotopic (exact) mass is 833 g/mol. The topological polar surface area (TPSA) is 192 Å². The summed E-state index contributed by atoms with van der Waals surface area (Å²) < 4.78 is 6.02. The van der Waals surface area contributed by atoms with Gasteiger partial charge < -0.3 is 30.1 Å². The van der Waals surface area contributed by atoms with E-state index in [1.807, 2.05) is 18.0 Å². The quantitative estimate of drug-likeness (QED) is 0.179. The van der Waals surface area contributed by atoms with Crippen molar-refractivity contribution in [2.24, 2.45) is 5.73 Å². The van der Waals surface area contributed by atoms with E-state index in [0.717, 1.165) is 81.0 Å². The molecular formula is C45H55N9O7. The number of aryl methyl sites for hydroxylation is 1. The zero-order chi connectivity index (χ0) is 42.8. The van der Waals surface area contributed by atoms with E-state index in [2.05, 4.69) is 51.3 Å². The molecule has 7 amide bonds. The summed E-state index contributed by atoms with van der Waals surface area (Å²) in [5, 5.41) is 2.24.